The number of piperidine rings is 1. The number of hydrogen-bond acceptors (Lipinski definition) is 5. The normalized spacial score (nSPS) is 35.5. The van der Waals surface area contributed by atoms with Crippen LogP contribution in [0, 0.1) is 5.92 Å². The molecule has 4 atom stereocenters. The Morgan fingerprint density at radius 3 is 3.00 bits per heavy atom. The molecule has 1 N–H and O–H groups in total. The maximum Gasteiger partial charge on any atom is 0.176 e. The van der Waals surface area contributed by atoms with E-state index >= 15 is 0 Å². The third-order valence-corrected chi connectivity index (χ3v) is 4.94. The largest absolute Gasteiger partial charge is 0.377 e. The van der Waals surface area contributed by atoms with Crippen molar-refractivity contribution in [2.75, 3.05) is 26.7 Å². The Balaban J connectivity index is 1.49. The quantitative estimate of drug-likeness (QED) is 0.871. The van der Waals surface area contributed by atoms with E-state index in [-0.39, 0.29) is 0 Å². The Kier molecular flexibility index (Phi) is 3.24. The summed E-state index contributed by atoms with van der Waals surface area (Å²) in [5, 5.41) is 8.40. The Hall–Kier alpha value is -0.980. The van der Waals surface area contributed by atoms with Gasteiger partial charge in [-0.25, -0.2) is 9.67 Å². The predicted molar refractivity (Wildman–Crippen MR) is 74.2 cm³/mol. The molecule has 1 aromatic heterocycles. The number of methoxy groups -OCH3 is 1. The first-order valence-electron chi connectivity index (χ1n) is 7.74. The van der Waals surface area contributed by atoms with Crippen LogP contribution in [0.3, 0.4) is 0 Å². The van der Waals surface area contributed by atoms with Gasteiger partial charge in [0.25, 0.3) is 0 Å². The summed E-state index contributed by atoms with van der Waals surface area (Å²) < 4.78 is 7.22. The maximum absolute atomic E-state index is 5.15. The molecule has 3 aliphatic rings. The van der Waals surface area contributed by atoms with E-state index in [1.165, 1.54) is 38.9 Å². The average molecular weight is 277 g/mol. The van der Waals surface area contributed by atoms with Crippen molar-refractivity contribution in [2.24, 2.45) is 5.92 Å². The Bertz CT molecular complexity index is 488. The van der Waals surface area contributed by atoms with E-state index in [1.807, 2.05) is 0 Å². The topological polar surface area (TPSA) is 55.2 Å². The minimum atomic E-state index is 0.368. The second-order valence-electron chi connectivity index (χ2n) is 6.32. The highest BCUT2D eigenvalue weighted by atomic mass is 16.5. The number of ether oxygens (including phenoxy) is 1. The molecule has 1 aromatic rings. The van der Waals surface area contributed by atoms with Crippen LogP contribution in [0.1, 0.15) is 37.0 Å². The molecule has 4 rings (SSSR count). The lowest BCUT2D eigenvalue weighted by atomic mass is 9.97. The Morgan fingerprint density at radius 1 is 1.30 bits per heavy atom. The van der Waals surface area contributed by atoms with Gasteiger partial charge in [-0.05, 0) is 31.7 Å². The molecule has 0 saturated carbocycles. The van der Waals surface area contributed by atoms with Crippen molar-refractivity contribution in [3.8, 4) is 0 Å². The second-order valence-corrected chi connectivity index (χ2v) is 6.32. The van der Waals surface area contributed by atoms with Crippen molar-refractivity contribution < 1.29 is 4.74 Å². The zero-order valence-electron chi connectivity index (χ0n) is 12.1. The van der Waals surface area contributed by atoms with Crippen LogP contribution >= 0.6 is 0 Å². The Morgan fingerprint density at radius 2 is 2.25 bits per heavy atom. The molecule has 0 aromatic carbocycles. The number of nitrogens with zero attached hydrogens (tertiary/aromatic N) is 4. The second kappa shape index (κ2) is 5.09. The van der Waals surface area contributed by atoms with Gasteiger partial charge in [-0.3, -0.25) is 0 Å². The molecule has 0 spiro atoms. The summed E-state index contributed by atoms with van der Waals surface area (Å²) in [7, 11) is 1.69. The molecule has 3 aliphatic heterocycles. The van der Waals surface area contributed by atoms with Gasteiger partial charge in [0.2, 0.25) is 0 Å². The third-order valence-electron chi connectivity index (χ3n) is 4.94. The van der Waals surface area contributed by atoms with Gasteiger partial charge in [0.15, 0.2) is 5.82 Å². The lowest BCUT2D eigenvalue weighted by Crippen LogP contribution is -2.43. The average Bonchev–Trinajstić information content (AvgIpc) is 3.13. The maximum atomic E-state index is 5.15. The van der Waals surface area contributed by atoms with E-state index < -0.39 is 0 Å². The molecule has 0 aliphatic carbocycles. The van der Waals surface area contributed by atoms with Crippen molar-refractivity contribution in [1.82, 2.24) is 25.0 Å². The van der Waals surface area contributed by atoms with Crippen molar-refractivity contribution in [3.63, 3.8) is 0 Å². The van der Waals surface area contributed by atoms with E-state index in [9.17, 15) is 0 Å². The standard InChI is InChI=1S/C14H23N5O/c1-20-9-13-16-14-11(3-2-5-19(14)17-13)15-12-8-18-6-4-10(12)7-18/h10-12,15H,2-9H2,1H3/t10-,11+,12+/m0/s1. The molecule has 2 fully saturated rings. The van der Waals surface area contributed by atoms with E-state index in [4.69, 9.17) is 4.74 Å². The van der Waals surface area contributed by atoms with Crippen LogP contribution in [-0.2, 0) is 17.9 Å². The van der Waals surface area contributed by atoms with E-state index in [2.05, 4.69) is 25.0 Å². The van der Waals surface area contributed by atoms with Crippen molar-refractivity contribution in [3.05, 3.63) is 11.6 Å². The SMILES string of the molecule is COCc1nc2n(n1)CCC[C@H]2N[C@@H]1CN2CC[C@H]1C2. The number of aryl methyl sites for hydroxylation is 1. The fourth-order valence-corrected chi connectivity index (χ4v) is 3.98. The van der Waals surface area contributed by atoms with Crippen LogP contribution in [-0.4, -0.2) is 52.5 Å². The summed E-state index contributed by atoms with van der Waals surface area (Å²) in [4.78, 5) is 7.25. The monoisotopic (exact) mass is 277 g/mol. The van der Waals surface area contributed by atoms with Gasteiger partial charge in [-0.2, -0.15) is 5.10 Å². The van der Waals surface area contributed by atoms with Crippen LogP contribution in [0.2, 0.25) is 0 Å². The summed E-state index contributed by atoms with van der Waals surface area (Å²) in [6, 6.07) is 1.01. The van der Waals surface area contributed by atoms with Gasteiger partial charge >= 0.3 is 0 Å². The molecule has 0 radical (unpaired) electrons. The van der Waals surface area contributed by atoms with Gasteiger partial charge in [0.05, 0.1) is 6.04 Å². The van der Waals surface area contributed by atoms with Crippen molar-refractivity contribution in [2.45, 2.75) is 44.5 Å². The first-order chi connectivity index (χ1) is 9.83. The Labute approximate surface area is 119 Å². The van der Waals surface area contributed by atoms with Crippen LogP contribution in [0.4, 0.5) is 0 Å². The number of hydrogen-bond donors (Lipinski definition) is 1. The predicted octanol–water partition coefficient (Wildman–Crippen LogP) is 0.553. The van der Waals surface area contributed by atoms with Crippen LogP contribution < -0.4 is 5.32 Å². The number of aromatic nitrogens is 3. The molecular formula is C14H23N5O. The van der Waals surface area contributed by atoms with Gasteiger partial charge in [-0.1, -0.05) is 0 Å². The van der Waals surface area contributed by atoms with Crippen LogP contribution in [0.25, 0.3) is 0 Å². The van der Waals surface area contributed by atoms with Gasteiger partial charge in [0.1, 0.15) is 12.4 Å². The fourth-order valence-electron chi connectivity index (χ4n) is 3.98. The van der Waals surface area contributed by atoms with E-state index in [0.29, 0.717) is 18.7 Å². The molecule has 6 nitrogen and oxygen atoms in total. The summed E-state index contributed by atoms with van der Waals surface area (Å²) >= 11 is 0. The minimum absolute atomic E-state index is 0.368. The lowest BCUT2D eigenvalue weighted by molar-refractivity contribution is 0.177. The summed E-state index contributed by atoms with van der Waals surface area (Å²) in [6.07, 6.45) is 3.71. The zero-order valence-corrected chi connectivity index (χ0v) is 12.1. The molecule has 20 heavy (non-hydrogen) atoms. The van der Waals surface area contributed by atoms with Gasteiger partial charge in [-0.15, -0.1) is 0 Å². The zero-order chi connectivity index (χ0) is 13.5. The molecule has 1 unspecified atom stereocenters. The highest BCUT2D eigenvalue weighted by molar-refractivity contribution is 5.05. The van der Waals surface area contributed by atoms with E-state index in [1.54, 1.807) is 7.11 Å². The summed E-state index contributed by atoms with van der Waals surface area (Å²) in [6.45, 7) is 5.28. The summed E-state index contributed by atoms with van der Waals surface area (Å²) in [5.74, 6) is 2.76. The highest BCUT2D eigenvalue weighted by Gasteiger charge is 2.39. The van der Waals surface area contributed by atoms with Crippen LogP contribution in [0.15, 0.2) is 0 Å². The fraction of sp³-hybridized carbons (Fsp3) is 0.857. The number of fused-ring (bicyclic) bond motifs is 3. The molecule has 0 amide bonds. The first-order valence-corrected chi connectivity index (χ1v) is 7.74. The number of nitrogens with one attached hydrogen (secondary N) is 1. The van der Waals surface area contributed by atoms with Gasteiger partial charge < -0.3 is 15.0 Å². The minimum Gasteiger partial charge on any atom is -0.377 e. The molecule has 2 saturated heterocycles. The molecule has 110 valence electrons. The molecular weight excluding hydrogens is 254 g/mol. The molecule has 2 bridgehead atoms. The summed E-state index contributed by atoms with van der Waals surface area (Å²) in [5.41, 5.74) is 0. The molecule has 4 heterocycles. The van der Waals surface area contributed by atoms with Crippen molar-refractivity contribution in [1.29, 1.82) is 0 Å². The third kappa shape index (κ3) is 2.16. The highest BCUT2D eigenvalue weighted by Crippen LogP contribution is 2.31. The lowest BCUT2D eigenvalue weighted by Gasteiger charge is -2.30. The van der Waals surface area contributed by atoms with Gasteiger partial charge in [0, 0.05) is 32.8 Å². The first kappa shape index (κ1) is 12.7. The number of rotatable bonds is 4. The van der Waals surface area contributed by atoms with E-state index in [0.717, 1.165) is 24.1 Å². The smallest absolute Gasteiger partial charge is 0.176 e. The molecule has 6 heteroatoms. The van der Waals surface area contributed by atoms with Crippen molar-refractivity contribution >= 4 is 0 Å². The van der Waals surface area contributed by atoms with Crippen LogP contribution in [0.5, 0.6) is 0 Å².